The van der Waals surface area contributed by atoms with Gasteiger partial charge < -0.3 is 20.2 Å². The molecule has 80 valence electrons. The standard InChI is InChI=1S/C8H10N3.NO3/c1-11(2)8-5-3-7(10-9)4-6-8;2-1(3)4/h3-6H,1-2H3;/q+1;-1. The quantitative estimate of drug-likeness (QED) is 0.401. The highest BCUT2D eigenvalue weighted by Gasteiger charge is 2.02. The predicted octanol–water partition coefficient (Wildman–Crippen LogP) is 2.00. The predicted molar refractivity (Wildman–Crippen MR) is 55.9 cm³/mol. The highest BCUT2D eigenvalue weighted by molar-refractivity contribution is 5.54. The van der Waals surface area contributed by atoms with Gasteiger partial charge in [-0.25, -0.2) is 0 Å². The van der Waals surface area contributed by atoms with E-state index < -0.39 is 5.09 Å². The van der Waals surface area contributed by atoms with Gasteiger partial charge in [-0.3, -0.25) is 0 Å². The fourth-order valence-electron chi connectivity index (χ4n) is 0.817. The molecule has 0 spiro atoms. The second-order valence-electron chi connectivity index (χ2n) is 2.73. The van der Waals surface area contributed by atoms with Gasteiger partial charge in [-0.2, -0.15) is 0 Å². The SMILES string of the molecule is CN(C)c1ccc([N+]#N)cc1.O=[N+]([O-])[O-]. The molecular weight excluding hydrogens is 200 g/mol. The van der Waals surface area contributed by atoms with Crippen molar-refractivity contribution in [2.24, 2.45) is 0 Å². The Kier molecular flexibility index (Phi) is 5.18. The summed E-state index contributed by atoms with van der Waals surface area (Å²) in [5.74, 6) is 0. The van der Waals surface area contributed by atoms with Gasteiger partial charge >= 0.3 is 5.69 Å². The zero-order valence-corrected chi connectivity index (χ0v) is 8.32. The number of rotatable bonds is 1. The smallest absolute Gasteiger partial charge is 0.378 e. The van der Waals surface area contributed by atoms with Crippen molar-refractivity contribution in [3.05, 3.63) is 44.6 Å². The molecule has 0 aromatic heterocycles. The maximum atomic E-state index is 8.38. The lowest BCUT2D eigenvalue weighted by Gasteiger charge is -2.09. The van der Waals surface area contributed by atoms with E-state index in [2.05, 4.69) is 4.98 Å². The molecule has 0 aliphatic carbocycles. The molecule has 15 heavy (non-hydrogen) atoms. The van der Waals surface area contributed by atoms with E-state index in [9.17, 15) is 0 Å². The first-order chi connectivity index (χ1) is 6.97. The first kappa shape index (κ1) is 12.6. The van der Waals surface area contributed by atoms with Crippen LogP contribution in [0.15, 0.2) is 24.3 Å². The minimum absolute atomic E-state index is 0.579. The summed E-state index contributed by atoms with van der Waals surface area (Å²) in [6.45, 7) is 0. The van der Waals surface area contributed by atoms with Crippen molar-refractivity contribution < 1.29 is 5.09 Å². The Hall–Kier alpha value is -2.36. The van der Waals surface area contributed by atoms with Crippen molar-refractivity contribution in [1.29, 1.82) is 5.39 Å². The van der Waals surface area contributed by atoms with Crippen LogP contribution >= 0.6 is 0 Å². The Morgan fingerprint density at radius 1 is 1.27 bits per heavy atom. The molecule has 0 bridgehead atoms. The molecule has 0 amide bonds. The van der Waals surface area contributed by atoms with Crippen LogP contribution in [0.4, 0.5) is 11.4 Å². The summed E-state index contributed by atoms with van der Waals surface area (Å²) in [6, 6.07) is 7.31. The lowest BCUT2D eigenvalue weighted by Crippen LogP contribution is -2.07. The van der Waals surface area contributed by atoms with Gasteiger partial charge in [-0.15, -0.1) is 0 Å². The second kappa shape index (κ2) is 6.15. The first-order valence-electron chi connectivity index (χ1n) is 3.91. The van der Waals surface area contributed by atoms with Crippen LogP contribution in [0.3, 0.4) is 0 Å². The molecule has 0 saturated carbocycles. The van der Waals surface area contributed by atoms with Gasteiger partial charge in [0, 0.05) is 31.9 Å². The molecule has 7 heteroatoms. The molecule has 0 N–H and O–H groups in total. The lowest BCUT2D eigenvalue weighted by molar-refractivity contribution is -0.402. The van der Waals surface area contributed by atoms with Crippen LogP contribution in [0.25, 0.3) is 4.98 Å². The summed E-state index contributed by atoms with van der Waals surface area (Å²) < 4.78 is 0. The van der Waals surface area contributed by atoms with Gasteiger partial charge in [0.25, 0.3) is 0 Å². The van der Waals surface area contributed by atoms with Crippen molar-refractivity contribution in [1.82, 2.24) is 0 Å². The number of nitrogens with zero attached hydrogens (tertiary/aromatic N) is 4. The van der Waals surface area contributed by atoms with Crippen LogP contribution in [0, 0.1) is 20.7 Å². The fourth-order valence-corrected chi connectivity index (χ4v) is 0.817. The second-order valence-corrected chi connectivity index (χ2v) is 2.73. The molecule has 1 aromatic rings. The van der Waals surface area contributed by atoms with Crippen LogP contribution in [0.2, 0.25) is 0 Å². The van der Waals surface area contributed by atoms with E-state index in [1.807, 2.05) is 31.1 Å². The first-order valence-corrected chi connectivity index (χ1v) is 3.91. The molecule has 0 atom stereocenters. The average Bonchev–Trinajstić information content (AvgIpc) is 2.17. The monoisotopic (exact) mass is 210 g/mol. The van der Waals surface area contributed by atoms with Crippen molar-refractivity contribution in [2.45, 2.75) is 0 Å². The Balaban J connectivity index is 0.000000423. The van der Waals surface area contributed by atoms with Gasteiger partial charge in [0.1, 0.15) is 0 Å². The van der Waals surface area contributed by atoms with E-state index in [0.717, 1.165) is 5.69 Å². The topological polar surface area (TPSA) is 97.6 Å². The molecule has 0 aliphatic heterocycles. The van der Waals surface area contributed by atoms with Crippen LogP contribution in [0.1, 0.15) is 0 Å². The Labute approximate surface area is 86.3 Å². The zero-order valence-electron chi connectivity index (χ0n) is 8.32. The number of hydrogen-bond donors (Lipinski definition) is 0. The molecule has 1 rings (SSSR count). The summed E-state index contributed by atoms with van der Waals surface area (Å²) >= 11 is 0. The van der Waals surface area contributed by atoms with Gasteiger partial charge in [0.15, 0.2) is 4.98 Å². The molecular formula is C8H10N4O3. The minimum Gasteiger partial charge on any atom is -0.378 e. The van der Waals surface area contributed by atoms with E-state index in [4.69, 9.17) is 20.7 Å². The molecule has 1 aromatic carbocycles. The molecule has 0 heterocycles. The molecule has 0 unspecified atom stereocenters. The Bertz CT molecular complexity index is 351. The summed E-state index contributed by atoms with van der Waals surface area (Å²) in [7, 11) is 3.93. The lowest BCUT2D eigenvalue weighted by atomic mass is 10.3. The van der Waals surface area contributed by atoms with Gasteiger partial charge in [-0.1, -0.05) is 0 Å². The zero-order chi connectivity index (χ0) is 11.8. The summed E-state index contributed by atoms with van der Waals surface area (Å²) in [4.78, 5) is 13.3. The third-order valence-corrected chi connectivity index (χ3v) is 1.48. The third kappa shape index (κ3) is 5.81. The average molecular weight is 210 g/mol. The third-order valence-electron chi connectivity index (χ3n) is 1.48. The van der Waals surface area contributed by atoms with E-state index >= 15 is 0 Å². The highest BCUT2D eigenvalue weighted by Crippen LogP contribution is 2.17. The van der Waals surface area contributed by atoms with Crippen LogP contribution in [-0.4, -0.2) is 19.2 Å². The van der Waals surface area contributed by atoms with Gasteiger partial charge in [0.2, 0.25) is 5.39 Å². The normalized spacial score (nSPS) is 8.07. The van der Waals surface area contributed by atoms with E-state index in [0.29, 0.717) is 5.69 Å². The van der Waals surface area contributed by atoms with Crippen molar-refractivity contribution in [3.63, 3.8) is 0 Å². The van der Waals surface area contributed by atoms with E-state index in [1.54, 1.807) is 12.1 Å². The highest BCUT2D eigenvalue weighted by atomic mass is 16.9. The largest absolute Gasteiger partial charge is 0.385 e. The van der Waals surface area contributed by atoms with Crippen LogP contribution < -0.4 is 4.90 Å². The number of diazo groups is 1. The Morgan fingerprint density at radius 3 is 1.93 bits per heavy atom. The Morgan fingerprint density at radius 2 is 1.67 bits per heavy atom. The van der Waals surface area contributed by atoms with E-state index in [-0.39, 0.29) is 0 Å². The van der Waals surface area contributed by atoms with Crippen molar-refractivity contribution in [2.75, 3.05) is 19.0 Å². The van der Waals surface area contributed by atoms with Gasteiger partial charge in [0.05, 0.1) is 5.09 Å². The molecule has 0 aliphatic rings. The summed E-state index contributed by atoms with van der Waals surface area (Å²) in [5, 5.41) is 23.1. The fraction of sp³-hybridized carbons (Fsp3) is 0.250. The molecule has 0 saturated heterocycles. The summed E-state index contributed by atoms with van der Waals surface area (Å²) in [5.41, 5.74) is 1.67. The minimum atomic E-state index is -1.75. The molecule has 0 fully saturated rings. The van der Waals surface area contributed by atoms with Crippen molar-refractivity contribution >= 4 is 11.4 Å². The van der Waals surface area contributed by atoms with Gasteiger partial charge in [-0.05, 0) is 12.1 Å². The number of benzene rings is 1. The molecule has 0 radical (unpaired) electrons. The molecule has 7 nitrogen and oxygen atoms in total. The number of hydrogen-bond acceptors (Lipinski definition) is 5. The van der Waals surface area contributed by atoms with Crippen LogP contribution in [-0.2, 0) is 0 Å². The van der Waals surface area contributed by atoms with Crippen LogP contribution in [0.5, 0.6) is 0 Å². The maximum Gasteiger partial charge on any atom is 0.385 e. The number of anilines is 1. The van der Waals surface area contributed by atoms with Crippen molar-refractivity contribution in [3.8, 4) is 0 Å². The summed E-state index contributed by atoms with van der Waals surface area (Å²) in [6.07, 6.45) is 0. The maximum absolute atomic E-state index is 8.38. The van der Waals surface area contributed by atoms with E-state index in [1.165, 1.54) is 0 Å².